The molecule has 0 spiro atoms. The molecule has 0 amide bonds. The van der Waals surface area contributed by atoms with Crippen molar-refractivity contribution < 1.29 is 17.9 Å². The third kappa shape index (κ3) is 2.13. The van der Waals surface area contributed by atoms with Gasteiger partial charge in [0.25, 0.3) is 0 Å². The minimum Gasteiger partial charge on any atom is -0.496 e. The average Bonchev–Trinajstić information content (AvgIpc) is 2.35. The van der Waals surface area contributed by atoms with Crippen molar-refractivity contribution in [2.45, 2.75) is 12.2 Å². The van der Waals surface area contributed by atoms with Crippen molar-refractivity contribution in [2.24, 2.45) is 5.73 Å². The first kappa shape index (κ1) is 12.7. The van der Waals surface area contributed by atoms with Gasteiger partial charge in [-0.15, -0.1) is 0 Å². The predicted octanol–water partition coefficient (Wildman–Crippen LogP) is 3.41. The van der Waals surface area contributed by atoms with Gasteiger partial charge < -0.3 is 10.5 Å². The quantitative estimate of drug-likeness (QED) is 0.892. The summed E-state index contributed by atoms with van der Waals surface area (Å²) < 4.78 is 43.4. The van der Waals surface area contributed by atoms with E-state index in [2.05, 4.69) is 0 Å². The molecule has 0 aliphatic heterocycles. The molecule has 2 rings (SSSR count). The highest BCUT2D eigenvalue weighted by Gasteiger charge is 2.40. The minimum absolute atomic E-state index is 0.0249. The summed E-state index contributed by atoms with van der Waals surface area (Å²) in [6.45, 7) is 0. The van der Waals surface area contributed by atoms with Crippen molar-refractivity contribution in [1.82, 2.24) is 0 Å². The van der Waals surface area contributed by atoms with Gasteiger partial charge in [-0.1, -0.05) is 30.3 Å². The third-order valence-electron chi connectivity index (χ3n) is 2.81. The number of alkyl halides is 3. The van der Waals surface area contributed by atoms with Gasteiger partial charge in [0.05, 0.1) is 7.11 Å². The molecule has 0 aromatic heterocycles. The molecule has 0 saturated carbocycles. The fourth-order valence-corrected chi connectivity index (χ4v) is 1.94. The molecule has 0 unspecified atom stereocenters. The molecule has 0 bridgehead atoms. The molecule has 1 atom stereocenters. The molecule has 0 saturated heterocycles. The summed E-state index contributed by atoms with van der Waals surface area (Å²) in [5.74, 6) is 0.151. The van der Waals surface area contributed by atoms with Crippen LogP contribution in [0.4, 0.5) is 13.2 Å². The van der Waals surface area contributed by atoms with Crippen molar-refractivity contribution in [2.75, 3.05) is 7.11 Å². The Hall–Kier alpha value is -1.75. The zero-order chi connectivity index (χ0) is 13.3. The van der Waals surface area contributed by atoms with Crippen LogP contribution >= 0.6 is 0 Å². The molecule has 0 radical (unpaired) electrons. The number of hydrogen-bond donors (Lipinski definition) is 1. The predicted molar refractivity (Wildman–Crippen MR) is 63.5 cm³/mol. The van der Waals surface area contributed by atoms with Gasteiger partial charge in [-0.3, -0.25) is 0 Å². The number of fused-ring (bicyclic) bond motifs is 1. The maximum atomic E-state index is 12.8. The summed E-state index contributed by atoms with van der Waals surface area (Å²) in [5.41, 5.74) is 5.28. The van der Waals surface area contributed by atoms with E-state index in [0.717, 1.165) is 0 Å². The minimum atomic E-state index is -4.50. The lowest BCUT2D eigenvalue weighted by Gasteiger charge is -2.20. The van der Waals surface area contributed by atoms with Gasteiger partial charge in [-0.05, 0) is 16.8 Å². The van der Waals surface area contributed by atoms with Gasteiger partial charge in [0.1, 0.15) is 11.8 Å². The number of ether oxygens (including phenoxy) is 1. The first-order chi connectivity index (χ1) is 8.45. The van der Waals surface area contributed by atoms with Gasteiger partial charge in [0, 0.05) is 5.56 Å². The number of benzene rings is 2. The molecule has 0 heterocycles. The molecule has 5 heteroatoms. The molecule has 18 heavy (non-hydrogen) atoms. The standard InChI is InChI=1S/C13H12F3NO/c1-18-10-7-6-8-4-2-3-5-9(8)11(10)12(17)13(14,15)16/h2-7,12H,17H2,1H3/t12-/m0/s1. The second kappa shape index (κ2) is 4.49. The van der Waals surface area contributed by atoms with E-state index in [9.17, 15) is 13.2 Å². The van der Waals surface area contributed by atoms with E-state index in [1.807, 2.05) is 0 Å². The molecule has 0 fully saturated rings. The second-order valence-electron chi connectivity index (χ2n) is 3.92. The molecular weight excluding hydrogens is 243 g/mol. The van der Waals surface area contributed by atoms with Crippen LogP contribution in [0.5, 0.6) is 5.75 Å². The number of rotatable bonds is 2. The fourth-order valence-electron chi connectivity index (χ4n) is 1.94. The summed E-state index contributed by atoms with van der Waals surface area (Å²) in [6, 6.07) is 7.94. The summed E-state index contributed by atoms with van der Waals surface area (Å²) in [7, 11) is 1.33. The van der Waals surface area contributed by atoms with Crippen LogP contribution in [-0.4, -0.2) is 13.3 Å². The lowest BCUT2D eigenvalue weighted by atomic mass is 9.97. The summed E-state index contributed by atoms with van der Waals surface area (Å²) in [6.07, 6.45) is -4.50. The van der Waals surface area contributed by atoms with E-state index in [1.165, 1.54) is 13.2 Å². The summed E-state index contributed by atoms with van der Waals surface area (Å²) in [5, 5.41) is 1.16. The number of methoxy groups -OCH3 is 1. The zero-order valence-corrected chi connectivity index (χ0v) is 9.66. The normalized spacial score (nSPS) is 13.6. The number of nitrogens with two attached hydrogens (primary N) is 1. The SMILES string of the molecule is COc1ccc2ccccc2c1[C@H](N)C(F)(F)F. The highest BCUT2D eigenvalue weighted by atomic mass is 19.4. The average molecular weight is 255 g/mol. The Morgan fingerprint density at radius 3 is 2.39 bits per heavy atom. The van der Waals surface area contributed by atoms with Gasteiger partial charge in [-0.25, -0.2) is 0 Å². The Morgan fingerprint density at radius 1 is 1.11 bits per heavy atom. The van der Waals surface area contributed by atoms with E-state index in [-0.39, 0.29) is 11.3 Å². The first-order valence-corrected chi connectivity index (χ1v) is 5.33. The molecule has 2 N–H and O–H groups in total. The lowest BCUT2D eigenvalue weighted by molar-refractivity contribution is -0.149. The van der Waals surface area contributed by atoms with Crippen LogP contribution in [0.25, 0.3) is 10.8 Å². The smallest absolute Gasteiger partial charge is 0.407 e. The summed E-state index contributed by atoms with van der Waals surface area (Å²) >= 11 is 0. The van der Waals surface area contributed by atoms with Gasteiger partial charge in [-0.2, -0.15) is 13.2 Å². The van der Waals surface area contributed by atoms with Crippen LogP contribution in [0.1, 0.15) is 11.6 Å². The molecule has 2 nitrogen and oxygen atoms in total. The lowest BCUT2D eigenvalue weighted by Crippen LogP contribution is -2.29. The van der Waals surface area contributed by atoms with Gasteiger partial charge >= 0.3 is 6.18 Å². The Kier molecular flexibility index (Phi) is 3.17. The first-order valence-electron chi connectivity index (χ1n) is 5.33. The summed E-state index contributed by atoms with van der Waals surface area (Å²) in [4.78, 5) is 0. The monoisotopic (exact) mass is 255 g/mol. The topological polar surface area (TPSA) is 35.2 Å². The molecule has 2 aromatic carbocycles. The van der Waals surface area contributed by atoms with E-state index < -0.39 is 12.2 Å². The van der Waals surface area contributed by atoms with Gasteiger partial charge in [0.15, 0.2) is 0 Å². The Bertz CT molecular complexity index is 566. The van der Waals surface area contributed by atoms with Crippen LogP contribution in [0.3, 0.4) is 0 Å². The van der Waals surface area contributed by atoms with E-state index >= 15 is 0 Å². The maximum Gasteiger partial charge on any atom is 0.407 e. The molecule has 96 valence electrons. The maximum absolute atomic E-state index is 12.8. The third-order valence-corrected chi connectivity index (χ3v) is 2.81. The van der Waals surface area contributed by atoms with Crippen LogP contribution in [-0.2, 0) is 0 Å². The van der Waals surface area contributed by atoms with Crippen LogP contribution in [0.2, 0.25) is 0 Å². The molecule has 0 aliphatic carbocycles. The van der Waals surface area contributed by atoms with E-state index in [1.54, 1.807) is 30.3 Å². The highest BCUT2D eigenvalue weighted by molar-refractivity contribution is 5.88. The Morgan fingerprint density at radius 2 is 1.78 bits per heavy atom. The van der Waals surface area contributed by atoms with Crippen molar-refractivity contribution in [3.8, 4) is 5.75 Å². The number of halogens is 3. The van der Waals surface area contributed by atoms with Gasteiger partial charge in [0.2, 0.25) is 0 Å². The second-order valence-corrected chi connectivity index (χ2v) is 3.92. The molecular formula is C13H12F3NO. The van der Waals surface area contributed by atoms with Crippen LogP contribution in [0, 0.1) is 0 Å². The van der Waals surface area contributed by atoms with E-state index in [4.69, 9.17) is 10.5 Å². The molecule has 2 aromatic rings. The van der Waals surface area contributed by atoms with E-state index in [0.29, 0.717) is 10.8 Å². The largest absolute Gasteiger partial charge is 0.496 e. The van der Waals surface area contributed by atoms with Crippen LogP contribution < -0.4 is 10.5 Å². The molecule has 0 aliphatic rings. The number of hydrogen-bond acceptors (Lipinski definition) is 2. The highest BCUT2D eigenvalue weighted by Crippen LogP contribution is 2.39. The van der Waals surface area contributed by atoms with Crippen molar-refractivity contribution in [3.05, 3.63) is 42.0 Å². The fraction of sp³-hybridized carbons (Fsp3) is 0.231. The van der Waals surface area contributed by atoms with Crippen LogP contribution in [0.15, 0.2) is 36.4 Å². The van der Waals surface area contributed by atoms with Crippen molar-refractivity contribution >= 4 is 10.8 Å². The zero-order valence-electron chi connectivity index (χ0n) is 9.66. The van der Waals surface area contributed by atoms with Crippen molar-refractivity contribution in [3.63, 3.8) is 0 Å². The Labute approximate surface area is 102 Å². The van der Waals surface area contributed by atoms with Crippen molar-refractivity contribution in [1.29, 1.82) is 0 Å². The Balaban J connectivity index is 2.72.